The monoisotopic (exact) mass is 240 g/mol. The standard InChI is InChI=1S/C16H20N2/c1-18(2)16-10-8-15(9-11-16)17-13-12-14-6-4-3-5-7-14/h3-11,17H,12-13H2,1-2H3. The normalized spacial score (nSPS) is 10.1. The molecule has 0 aromatic heterocycles. The first kappa shape index (κ1) is 12.5. The summed E-state index contributed by atoms with van der Waals surface area (Å²) in [5.74, 6) is 0. The van der Waals surface area contributed by atoms with E-state index in [1.807, 2.05) is 0 Å². The van der Waals surface area contributed by atoms with E-state index >= 15 is 0 Å². The topological polar surface area (TPSA) is 15.3 Å². The van der Waals surface area contributed by atoms with Crippen LogP contribution in [0.5, 0.6) is 0 Å². The molecule has 0 aliphatic heterocycles. The summed E-state index contributed by atoms with van der Waals surface area (Å²) in [4.78, 5) is 2.10. The van der Waals surface area contributed by atoms with Crippen LogP contribution in [0.4, 0.5) is 11.4 Å². The third kappa shape index (κ3) is 3.52. The fourth-order valence-corrected chi connectivity index (χ4v) is 1.87. The first-order chi connectivity index (χ1) is 8.75. The predicted molar refractivity (Wildman–Crippen MR) is 79.4 cm³/mol. The van der Waals surface area contributed by atoms with Gasteiger partial charge in [-0.3, -0.25) is 0 Å². The van der Waals surface area contributed by atoms with Crippen molar-refractivity contribution in [1.29, 1.82) is 0 Å². The zero-order chi connectivity index (χ0) is 12.8. The highest BCUT2D eigenvalue weighted by Gasteiger charge is 1.96. The van der Waals surface area contributed by atoms with Crippen LogP contribution >= 0.6 is 0 Å². The highest BCUT2D eigenvalue weighted by atomic mass is 15.1. The van der Waals surface area contributed by atoms with Crippen LogP contribution in [-0.2, 0) is 6.42 Å². The van der Waals surface area contributed by atoms with Crippen LogP contribution in [-0.4, -0.2) is 20.6 Å². The lowest BCUT2D eigenvalue weighted by atomic mass is 10.1. The SMILES string of the molecule is CN(C)c1ccc(NCCc2ccccc2)cc1. The van der Waals surface area contributed by atoms with Gasteiger partial charge in [0.05, 0.1) is 0 Å². The zero-order valence-electron chi connectivity index (χ0n) is 11.1. The molecule has 2 nitrogen and oxygen atoms in total. The molecule has 0 atom stereocenters. The van der Waals surface area contributed by atoms with E-state index in [0.717, 1.165) is 13.0 Å². The molecule has 2 aromatic rings. The molecule has 2 rings (SSSR count). The predicted octanol–water partition coefficient (Wildman–Crippen LogP) is 3.41. The van der Waals surface area contributed by atoms with Gasteiger partial charge in [0.15, 0.2) is 0 Å². The van der Waals surface area contributed by atoms with Crippen molar-refractivity contribution < 1.29 is 0 Å². The molecule has 0 aliphatic rings. The Morgan fingerprint density at radius 3 is 2.17 bits per heavy atom. The Bertz CT molecular complexity index is 460. The molecule has 0 amide bonds. The number of nitrogens with one attached hydrogen (secondary N) is 1. The van der Waals surface area contributed by atoms with Gasteiger partial charge >= 0.3 is 0 Å². The summed E-state index contributed by atoms with van der Waals surface area (Å²) in [5, 5.41) is 3.44. The summed E-state index contributed by atoms with van der Waals surface area (Å²) in [6.45, 7) is 0.964. The molecule has 0 saturated heterocycles. The van der Waals surface area contributed by atoms with Gasteiger partial charge in [-0.1, -0.05) is 30.3 Å². The first-order valence-corrected chi connectivity index (χ1v) is 6.31. The number of hydrogen-bond donors (Lipinski definition) is 1. The average Bonchev–Trinajstić information content (AvgIpc) is 2.40. The lowest BCUT2D eigenvalue weighted by Crippen LogP contribution is -2.09. The van der Waals surface area contributed by atoms with Crippen molar-refractivity contribution in [1.82, 2.24) is 0 Å². The molecule has 0 radical (unpaired) electrons. The van der Waals surface area contributed by atoms with Crippen molar-refractivity contribution in [2.24, 2.45) is 0 Å². The van der Waals surface area contributed by atoms with Gasteiger partial charge in [-0.2, -0.15) is 0 Å². The van der Waals surface area contributed by atoms with Gasteiger partial charge in [0, 0.05) is 32.0 Å². The van der Waals surface area contributed by atoms with Crippen molar-refractivity contribution in [3.8, 4) is 0 Å². The van der Waals surface area contributed by atoms with E-state index in [0.29, 0.717) is 0 Å². The Balaban J connectivity index is 1.83. The van der Waals surface area contributed by atoms with Crippen LogP contribution in [0.2, 0.25) is 0 Å². The van der Waals surface area contributed by atoms with Crippen LogP contribution in [0, 0.1) is 0 Å². The van der Waals surface area contributed by atoms with E-state index in [9.17, 15) is 0 Å². The van der Waals surface area contributed by atoms with Gasteiger partial charge in [-0.25, -0.2) is 0 Å². The van der Waals surface area contributed by atoms with Crippen LogP contribution in [0.15, 0.2) is 54.6 Å². The summed E-state index contributed by atoms with van der Waals surface area (Å²) in [6, 6.07) is 19.1. The number of benzene rings is 2. The highest BCUT2D eigenvalue weighted by Crippen LogP contribution is 2.15. The molecule has 0 bridgehead atoms. The maximum atomic E-state index is 3.44. The number of nitrogens with zero attached hydrogens (tertiary/aromatic N) is 1. The van der Waals surface area contributed by atoms with E-state index in [2.05, 4.69) is 78.9 Å². The molecule has 1 N–H and O–H groups in total. The van der Waals surface area contributed by atoms with Gasteiger partial charge in [0.2, 0.25) is 0 Å². The minimum Gasteiger partial charge on any atom is -0.385 e. The molecule has 0 aliphatic carbocycles. The maximum Gasteiger partial charge on any atom is 0.0362 e. The molecule has 0 spiro atoms. The minimum atomic E-state index is 0.964. The number of hydrogen-bond acceptors (Lipinski definition) is 2. The van der Waals surface area contributed by atoms with Crippen LogP contribution < -0.4 is 10.2 Å². The summed E-state index contributed by atoms with van der Waals surface area (Å²) in [7, 11) is 4.11. The van der Waals surface area contributed by atoms with Crippen molar-refractivity contribution in [3.05, 3.63) is 60.2 Å². The molecule has 2 aromatic carbocycles. The van der Waals surface area contributed by atoms with E-state index in [1.54, 1.807) is 0 Å². The molecule has 0 saturated carbocycles. The average molecular weight is 240 g/mol. The minimum absolute atomic E-state index is 0.964. The van der Waals surface area contributed by atoms with Gasteiger partial charge < -0.3 is 10.2 Å². The largest absolute Gasteiger partial charge is 0.385 e. The second kappa shape index (κ2) is 6.10. The quantitative estimate of drug-likeness (QED) is 0.861. The van der Waals surface area contributed by atoms with Gasteiger partial charge in [0.1, 0.15) is 0 Å². The lowest BCUT2D eigenvalue weighted by Gasteiger charge is -2.13. The molecule has 0 fully saturated rings. The van der Waals surface area contributed by atoms with Crippen molar-refractivity contribution in [2.45, 2.75) is 6.42 Å². The fourth-order valence-electron chi connectivity index (χ4n) is 1.87. The molecular weight excluding hydrogens is 220 g/mol. The van der Waals surface area contributed by atoms with E-state index < -0.39 is 0 Å². The van der Waals surface area contributed by atoms with Crippen LogP contribution in [0.25, 0.3) is 0 Å². The van der Waals surface area contributed by atoms with Crippen molar-refractivity contribution in [2.75, 3.05) is 30.9 Å². The fraction of sp³-hybridized carbons (Fsp3) is 0.250. The van der Waals surface area contributed by atoms with E-state index in [1.165, 1.54) is 16.9 Å². The second-order valence-electron chi connectivity index (χ2n) is 4.60. The third-order valence-electron chi connectivity index (χ3n) is 2.97. The van der Waals surface area contributed by atoms with Crippen molar-refractivity contribution in [3.63, 3.8) is 0 Å². The molecule has 94 valence electrons. The molecular formula is C16H20N2. The smallest absolute Gasteiger partial charge is 0.0362 e. The summed E-state index contributed by atoms with van der Waals surface area (Å²) < 4.78 is 0. The Kier molecular flexibility index (Phi) is 4.24. The van der Waals surface area contributed by atoms with Gasteiger partial charge in [-0.05, 0) is 36.2 Å². The van der Waals surface area contributed by atoms with Crippen LogP contribution in [0.1, 0.15) is 5.56 Å². The number of anilines is 2. The van der Waals surface area contributed by atoms with Crippen LogP contribution in [0.3, 0.4) is 0 Å². The van der Waals surface area contributed by atoms with E-state index in [-0.39, 0.29) is 0 Å². The van der Waals surface area contributed by atoms with Gasteiger partial charge in [0.25, 0.3) is 0 Å². The third-order valence-corrected chi connectivity index (χ3v) is 2.97. The number of rotatable bonds is 5. The second-order valence-corrected chi connectivity index (χ2v) is 4.60. The molecule has 0 heterocycles. The first-order valence-electron chi connectivity index (χ1n) is 6.31. The summed E-state index contributed by atoms with van der Waals surface area (Å²) in [5.41, 5.74) is 3.77. The Morgan fingerprint density at radius 1 is 0.889 bits per heavy atom. The highest BCUT2D eigenvalue weighted by molar-refractivity contribution is 5.54. The Morgan fingerprint density at radius 2 is 1.56 bits per heavy atom. The Labute approximate surface area is 109 Å². The summed E-state index contributed by atoms with van der Waals surface area (Å²) >= 11 is 0. The lowest BCUT2D eigenvalue weighted by molar-refractivity contribution is 1.02. The van der Waals surface area contributed by atoms with E-state index in [4.69, 9.17) is 0 Å². The van der Waals surface area contributed by atoms with Gasteiger partial charge in [-0.15, -0.1) is 0 Å². The Hall–Kier alpha value is -1.96. The zero-order valence-corrected chi connectivity index (χ0v) is 11.1. The molecule has 18 heavy (non-hydrogen) atoms. The van der Waals surface area contributed by atoms with Crippen molar-refractivity contribution >= 4 is 11.4 Å². The molecule has 0 unspecified atom stereocenters. The summed E-state index contributed by atoms with van der Waals surface area (Å²) in [6.07, 6.45) is 1.05. The molecule has 2 heteroatoms. The maximum absolute atomic E-state index is 3.44.